The molecule has 0 spiro atoms. The summed E-state index contributed by atoms with van der Waals surface area (Å²) in [6, 6.07) is 13.1. The van der Waals surface area contributed by atoms with E-state index in [0.717, 1.165) is 17.7 Å². The van der Waals surface area contributed by atoms with Crippen LogP contribution in [0.3, 0.4) is 0 Å². The fraction of sp³-hybridized carbons (Fsp3) is 0.0476. The van der Waals surface area contributed by atoms with Crippen LogP contribution in [0, 0.1) is 18.6 Å². The van der Waals surface area contributed by atoms with Gasteiger partial charge in [0.25, 0.3) is 12.4 Å². The van der Waals surface area contributed by atoms with Crippen LogP contribution in [-0.4, -0.2) is 12.4 Å². The van der Waals surface area contributed by atoms with E-state index in [1.54, 1.807) is 31.2 Å². The number of benzene rings is 3. The van der Waals surface area contributed by atoms with Gasteiger partial charge in [0.1, 0.15) is 23.1 Å². The number of hydrogen-bond donors (Lipinski definition) is 1. The smallest absolute Gasteiger partial charge is 0.298 e. The average Bonchev–Trinajstić information content (AvgIpc) is 2.67. The molecule has 0 atom stereocenters. The molecule has 0 fully saturated rings. The quantitative estimate of drug-likeness (QED) is 0.584. The number of para-hydroxylation sites is 1. The lowest BCUT2D eigenvalue weighted by Crippen LogP contribution is -2.15. The van der Waals surface area contributed by atoms with Gasteiger partial charge in [0.2, 0.25) is 0 Å². The summed E-state index contributed by atoms with van der Waals surface area (Å²) in [4.78, 5) is 22.9. The third-order valence-corrected chi connectivity index (χ3v) is 4.50. The summed E-state index contributed by atoms with van der Waals surface area (Å²) in [6.45, 7) is 1.95. The molecule has 0 saturated heterocycles. The number of carbonyl (C=O) groups is 2. The summed E-state index contributed by atoms with van der Waals surface area (Å²) in [7, 11) is 0. The second-order valence-corrected chi connectivity index (χ2v) is 6.35. The molecule has 0 heterocycles. The Kier molecular flexibility index (Phi) is 5.70. The molecule has 0 aliphatic carbocycles. The first kappa shape index (κ1) is 19.5. The lowest BCUT2D eigenvalue weighted by Gasteiger charge is -2.12. The zero-order chi connectivity index (χ0) is 20.3. The molecule has 1 amide bonds. The van der Waals surface area contributed by atoms with Gasteiger partial charge in [-0.2, -0.15) is 0 Å². The van der Waals surface area contributed by atoms with Gasteiger partial charge in [0, 0.05) is 5.02 Å². The molecule has 0 aromatic heterocycles. The molecular formula is C21H14ClF2NO3. The normalized spacial score (nSPS) is 10.4. The van der Waals surface area contributed by atoms with Gasteiger partial charge in [-0.05, 0) is 60.0 Å². The molecule has 0 bridgehead atoms. The van der Waals surface area contributed by atoms with Crippen LogP contribution in [0.5, 0.6) is 5.75 Å². The van der Waals surface area contributed by atoms with Crippen molar-refractivity contribution in [2.45, 2.75) is 6.92 Å². The summed E-state index contributed by atoms with van der Waals surface area (Å²) in [5, 5.41) is 2.73. The minimum atomic E-state index is -0.940. The molecule has 1 N–H and O–H groups in total. The molecule has 4 nitrogen and oxygen atoms in total. The van der Waals surface area contributed by atoms with Crippen LogP contribution in [0.2, 0.25) is 5.02 Å². The predicted molar refractivity (Wildman–Crippen MR) is 103 cm³/mol. The molecule has 0 radical (unpaired) electrons. The summed E-state index contributed by atoms with van der Waals surface area (Å²) in [5.41, 5.74) is 1.02. The van der Waals surface area contributed by atoms with E-state index in [-0.39, 0.29) is 17.8 Å². The first-order valence-corrected chi connectivity index (χ1v) is 8.54. The van der Waals surface area contributed by atoms with Crippen molar-refractivity contribution in [3.05, 3.63) is 82.4 Å². The number of hydrogen-bond acceptors (Lipinski definition) is 3. The van der Waals surface area contributed by atoms with Gasteiger partial charge in [0.05, 0.1) is 5.56 Å². The van der Waals surface area contributed by atoms with E-state index in [2.05, 4.69) is 5.32 Å². The highest BCUT2D eigenvalue weighted by atomic mass is 35.5. The van der Waals surface area contributed by atoms with Crippen LogP contribution in [0.15, 0.2) is 54.6 Å². The Labute approximate surface area is 164 Å². The number of ether oxygens (including phenoxy) is 1. The Hall–Kier alpha value is -3.25. The van der Waals surface area contributed by atoms with Crippen molar-refractivity contribution in [1.82, 2.24) is 0 Å². The highest BCUT2D eigenvalue weighted by molar-refractivity contribution is 6.31. The van der Waals surface area contributed by atoms with Crippen LogP contribution in [0.1, 0.15) is 15.9 Å². The monoisotopic (exact) mass is 401 g/mol. The Balaban J connectivity index is 1.92. The van der Waals surface area contributed by atoms with Gasteiger partial charge in [-0.3, -0.25) is 9.59 Å². The molecule has 7 heteroatoms. The summed E-state index contributed by atoms with van der Waals surface area (Å²) in [5.74, 6) is -2.72. The Morgan fingerprint density at radius 2 is 1.71 bits per heavy atom. The number of amides is 1. The Bertz CT molecular complexity index is 1050. The fourth-order valence-corrected chi connectivity index (χ4v) is 2.79. The molecule has 3 rings (SSSR count). The van der Waals surface area contributed by atoms with E-state index >= 15 is 0 Å². The second kappa shape index (κ2) is 8.19. The molecular weight excluding hydrogens is 388 g/mol. The van der Waals surface area contributed by atoms with Crippen molar-refractivity contribution in [3.8, 4) is 16.9 Å². The van der Waals surface area contributed by atoms with Crippen LogP contribution >= 0.6 is 11.6 Å². The SMILES string of the molecule is Cc1cc(-c2cc(F)c(NC(=O)c3ccccc3OC=O)c(F)c2)ccc1Cl. The molecule has 0 unspecified atom stereocenters. The minimum absolute atomic E-state index is 0.0240. The van der Waals surface area contributed by atoms with Crippen molar-refractivity contribution >= 4 is 29.7 Å². The topological polar surface area (TPSA) is 55.4 Å². The molecule has 0 aliphatic heterocycles. The lowest BCUT2D eigenvalue weighted by molar-refractivity contribution is -0.120. The van der Waals surface area contributed by atoms with E-state index in [1.807, 2.05) is 0 Å². The Morgan fingerprint density at radius 1 is 1.04 bits per heavy atom. The van der Waals surface area contributed by atoms with Gasteiger partial charge < -0.3 is 10.1 Å². The van der Waals surface area contributed by atoms with Crippen LogP contribution < -0.4 is 10.1 Å². The molecule has 3 aromatic carbocycles. The molecule has 28 heavy (non-hydrogen) atoms. The van der Waals surface area contributed by atoms with Crippen molar-refractivity contribution in [1.29, 1.82) is 0 Å². The average molecular weight is 402 g/mol. The van der Waals surface area contributed by atoms with Crippen molar-refractivity contribution < 1.29 is 23.1 Å². The summed E-state index contributed by atoms with van der Waals surface area (Å²) < 4.78 is 33.8. The highest BCUT2D eigenvalue weighted by Crippen LogP contribution is 2.30. The predicted octanol–water partition coefficient (Wildman–Crippen LogP) is 5.38. The second-order valence-electron chi connectivity index (χ2n) is 5.94. The Morgan fingerprint density at radius 3 is 2.36 bits per heavy atom. The maximum absolute atomic E-state index is 14.5. The van der Waals surface area contributed by atoms with E-state index < -0.39 is 23.2 Å². The third kappa shape index (κ3) is 4.02. The zero-order valence-corrected chi connectivity index (χ0v) is 15.4. The van der Waals surface area contributed by atoms with Crippen LogP contribution in [0.25, 0.3) is 11.1 Å². The van der Waals surface area contributed by atoms with Gasteiger partial charge in [0.15, 0.2) is 0 Å². The first-order valence-electron chi connectivity index (χ1n) is 8.17. The molecule has 0 saturated carbocycles. The van der Waals surface area contributed by atoms with E-state index in [4.69, 9.17) is 16.3 Å². The number of nitrogens with one attached hydrogen (secondary N) is 1. The van der Waals surface area contributed by atoms with Crippen LogP contribution in [-0.2, 0) is 4.79 Å². The van der Waals surface area contributed by atoms with Gasteiger partial charge in [-0.25, -0.2) is 8.78 Å². The maximum Gasteiger partial charge on any atom is 0.298 e. The van der Waals surface area contributed by atoms with Crippen molar-refractivity contribution in [2.75, 3.05) is 5.32 Å². The van der Waals surface area contributed by atoms with Gasteiger partial charge in [-0.1, -0.05) is 29.8 Å². The van der Waals surface area contributed by atoms with E-state index in [1.165, 1.54) is 18.2 Å². The highest BCUT2D eigenvalue weighted by Gasteiger charge is 2.18. The number of halogens is 3. The summed E-state index contributed by atoms with van der Waals surface area (Å²) in [6.07, 6.45) is 0. The van der Waals surface area contributed by atoms with E-state index in [0.29, 0.717) is 16.1 Å². The lowest BCUT2D eigenvalue weighted by atomic mass is 10.0. The fourth-order valence-electron chi connectivity index (χ4n) is 2.67. The standard InChI is InChI=1S/C21H14ClF2NO3/c1-12-8-13(6-7-16(12)22)14-9-17(23)20(18(24)10-14)25-21(27)15-4-2-3-5-19(15)28-11-26/h2-11H,1H3,(H,25,27). The van der Waals surface area contributed by atoms with Crippen LogP contribution in [0.4, 0.5) is 14.5 Å². The maximum atomic E-state index is 14.5. The third-order valence-electron chi connectivity index (χ3n) is 4.08. The summed E-state index contributed by atoms with van der Waals surface area (Å²) >= 11 is 5.98. The number of carbonyl (C=O) groups excluding carboxylic acids is 2. The number of aryl methyl sites for hydroxylation is 1. The van der Waals surface area contributed by atoms with Gasteiger partial charge in [-0.15, -0.1) is 0 Å². The molecule has 142 valence electrons. The molecule has 0 aliphatic rings. The van der Waals surface area contributed by atoms with Crippen molar-refractivity contribution in [3.63, 3.8) is 0 Å². The van der Waals surface area contributed by atoms with Gasteiger partial charge >= 0.3 is 0 Å². The number of rotatable bonds is 5. The zero-order valence-electron chi connectivity index (χ0n) is 14.6. The first-order chi connectivity index (χ1) is 13.4. The van der Waals surface area contributed by atoms with E-state index in [9.17, 15) is 18.4 Å². The largest absolute Gasteiger partial charge is 0.428 e. The number of anilines is 1. The van der Waals surface area contributed by atoms with Crippen molar-refractivity contribution in [2.24, 2.45) is 0 Å². The molecule has 3 aromatic rings. The minimum Gasteiger partial charge on any atom is -0.428 e.